The minimum absolute atomic E-state index is 0.650. The van der Waals surface area contributed by atoms with Crippen LogP contribution in [0, 0.1) is 5.92 Å². The summed E-state index contributed by atoms with van der Waals surface area (Å²) < 4.78 is 0. The second kappa shape index (κ2) is 4.65. The highest BCUT2D eigenvalue weighted by atomic mass is 32.1. The van der Waals surface area contributed by atoms with E-state index in [9.17, 15) is 0 Å². The fraction of sp³-hybridized carbons (Fsp3) is 0.889. The summed E-state index contributed by atoms with van der Waals surface area (Å²) in [6.45, 7) is 5.33. The maximum Gasteiger partial charge on any atom is 0.166 e. The Morgan fingerprint density at radius 2 is 2.17 bits per heavy atom. The van der Waals surface area contributed by atoms with Crippen LogP contribution in [0.25, 0.3) is 0 Å². The van der Waals surface area contributed by atoms with E-state index in [2.05, 4.69) is 24.5 Å². The molecule has 2 N–H and O–H groups in total. The molecule has 1 fully saturated rings. The third kappa shape index (κ3) is 3.39. The first kappa shape index (κ1) is 9.78. The molecule has 0 amide bonds. The van der Waals surface area contributed by atoms with Crippen LogP contribution in [0.3, 0.4) is 0 Å². The Morgan fingerprint density at radius 3 is 2.58 bits per heavy atom. The van der Waals surface area contributed by atoms with E-state index in [0.29, 0.717) is 12.0 Å². The van der Waals surface area contributed by atoms with Gasteiger partial charge in [-0.05, 0) is 37.4 Å². The molecule has 1 rings (SSSR count). The van der Waals surface area contributed by atoms with E-state index in [0.717, 1.165) is 11.7 Å². The molecule has 1 saturated carbocycles. The molecule has 12 heavy (non-hydrogen) atoms. The Labute approximate surface area is 80.1 Å². The van der Waals surface area contributed by atoms with Gasteiger partial charge in [-0.25, -0.2) is 0 Å². The summed E-state index contributed by atoms with van der Waals surface area (Å²) in [6.07, 6.45) is 3.91. The lowest BCUT2D eigenvalue weighted by Crippen LogP contribution is -2.45. The van der Waals surface area contributed by atoms with Gasteiger partial charge in [0.15, 0.2) is 5.11 Å². The zero-order valence-electron chi connectivity index (χ0n) is 7.89. The van der Waals surface area contributed by atoms with Crippen molar-refractivity contribution in [3.63, 3.8) is 0 Å². The first-order chi connectivity index (χ1) is 5.68. The van der Waals surface area contributed by atoms with Crippen LogP contribution in [0.4, 0.5) is 0 Å². The lowest BCUT2D eigenvalue weighted by Gasteiger charge is -2.28. The van der Waals surface area contributed by atoms with E-state index >= 15 is 0 Å². The molecule has 0 aliphatic heterocycles. The van der Waals surface area contributed by atoms with E-state index in [-0.39, 0.29) is 0 Å². The summed E-state index contributed by atoms with van der Waals surface area (Å²) in [7, 11) is 0. The van der Waals surface area contributed by atoms with Crippen molar-refractivity contribution in [3.8, 4) is 0 Å². The molecular formula is C9H18N2S. The van der Waals surface area contributed by atoms with Crippen molar-refractivity contribution in [2.24, 2.45) is 5.92 Å². The zero-order valence-corrected chi connectivity index (χ0v) is 8.71. The van der Waals surface area contributed by atoms with Crippen LogP contribution in [0.1, 0.15) is 33.1 Å². The summed E-state index contributed by atoms with van der Waals surface area (Å²) in [4.78, 5) is 0. The first-order valence-electron chi connectivity index (χ1n) is 4.73. The van der Waals surface area contributed by atoms with Gasteiger partial charge in [0.2, 0.25) is 0 Å². The molecule has 70 valence electrons. The Balaban J connectivity index is 2.03. The van der Waals surface area contributed by atoms with Gasteiger partial charge < -0.3 is 10.6 Å². The molecule has 0 saturated heterocycles. The lowest BCUT2D eigenvalue weighted by molar-refractivity contribution is 0.381. The molecule has 0 heterocycles. The SMILES string of the molecule is CC(C)CNC(=S)NC1CCC1. The van der Waals surface area contributed by atoms with Crippen molar-refractivity contribution in [2.45, 2.75) is 39.2 Å². The number of thiocarbonyl (C=S) groups is 1. The van der Waals surface area contributed by atoms with Crippen molar-refractivity contribution >= 4 is 17.3 Å². The van der Waals surface area contributed by atoms with Gasteiger partial charge in [-0.15, -0.1) is 0 Å². The lowest BCUT2D eigenvalue weighted by atomic mass is 9.93. The fourth-order valence-electron chi connectivity index (χ4n) is 1.09. The van der Waals surface area contributed by atoms with Crippen LogP contribution in [0.15, 0.2) is 0 Å². The Kier molecular flexibility index (Phi) is 3.79. The number of hydrogen-bond acceptors (Lipinski definition) is 1. The third-order valence-corrected chi connectivity index (χ3v) is 2.37. The standard InChI is InChI=1S/C9H18N2S/c1-7(2)6-10-9(12)11-8-4-3-5-8/h7-8H,3-6H2,1-2H3,(H2,10,11,12). The molecule has 3 heteroatoms. The Hall–Kier alpha value is -0.310. The Morgan fingerprint density at radius 1 is 1.50 bits per heavy atom. The van der Waals surface area contributed by atoms with Gasteiger partial charge in [0.1, 0.15) is 0 Å². The molecule has 0 spiro atoms. The van der Waals surface area contributed by atoms with Crippen LogP contribution in [-0.2, 0) is 0 Å². The van der Waals surface area contributed by atoms with Crippen molar-refractivity contribution in [3.05, 3.63) is 0 Å². The predicted octanol–water partition coefficient (Wildman–Crippen LogP) is 1.66. The molecule has 2 nitrogen and oxygen atoms in total. The molecule has 0 aromatic carbocycles. The average molecular weight is 186 g/mol. The molecule has 0 unspecified atom stereocenters. The summed E-state index contributed by atoms with van der Waals surface area (Å²) in [5, 5.41) is 7.32. The van der Waals surface area contributed by atoms with E-state index in [1.54, 1.807) is 0 Å². The number of hydrogen-bond donors (Lipinski definition) is 2. The second-order valence-corrected chi connectivity index (χ2v) is 4.28. The molecule has 0 aromatic heterocycles. The zero-order chi connectivity index (χ0) is 8.97. The molecule has 1 aliphatic carbocycles. The highest BCUT2D eigenvalue weighted by molar-refractivity contribution is 7.80. The van der Waals surface area contributed by atoms with Crippen molar-refractivity contribution in [1.82, 2.24) is 10.6 Å². The van der Waals surface area contributed by atoms with Gasteiger partial charge in [0.05, 0.1) is 0 Å². The highest BCUT2D eigenvalue weighted by Gasteiger charge is 2.17. The molecule has 0 atom stereocenters. The number of rotatable bonds is 3. The maximum absolute atomic E-state index is 5.13. The van der Waals surface area contributed by atoms with E-state index in [4.69, 9.17) is 12.2 Å². The quantitative estimate of drug-likeness (QED) is 0.656. The topological polar surface area (TPSA) is 24.1 Å². The molecule has 1 aliphatic rings. The van der Waals surface area contributed by atoms with Crippen molar-refractivity contribution < 1.29 is 0 Å². The monoisotopic (exact) mass is 186 g/mol. The molecule has 0 aromatic rings. The van der Waals surface area contributed by atoms with Gasteiger partial charge in [-0.1, -0.05) is 13.8 Å². The van der Waals surface area contributed by atoms with Gasteiger partial charge in [0, 0.05) is 12.6 Å². The van der Waals surface area contributed by atoms with Crippen molar-refractivity contribution in [1.29, 1.82) is 0 Å². The van der Waals surface area contributed by atoms with Crippen LogP contribution >= 0.6 is 12.2 Å². The van der Waals surface area contributed by atoms with E-state index in [1.807, 2.05) is 0 Å². The summed E-state index contributed by atoms with van der Waals surface area (Å²) >= 11 is 5.13. The van der Waals surface area contributed by atoms with Gasteiger partial charge in [-0.2, -0.15) is 0 Å². The van der Waals surface area contributed by atoms with Crippen LogP contribution < -0.4 is 10.6 Å². The minimum atomic E-state index is 0.650. The summed E-state index contributed by atoms with van der Waals surface area (Å²) in [6, 6.07) is 0.650. The van der Waals surface area contributed by atoms with Crippen LogP contribution in [-0.4, -0.2) is 17.7 Å². The van der Waals surface area contributed by atoms with Gasteiger partial charge >= 0.3 is 0 Å². The summed E-state index contributed by atoms with van der Waals surface area (Å²) in [5.41, 5.74) is 0. The smallest absolute Gasteiger partial charge is 0.166 e. The third-order valence-electron chi connectivity index (χ3n) is 2.11. The first-order valence-corrected chi connectivity index (χ1v) is 5.13. The maximum atomic E-state index is 5.13. The summed E-state index contributed by atoms with van der Waals surface area (Å²) in [5.74, 6) is 0.658. The highest BCUT2D eigenvalue weighted by Crippen LogP contribution is 2.17. The predicted molar refractivity (Wildman–Crippen MR) is 56.2 cm³/mol. The molecule has 0 bridgehead atoms. The van der Waals surface area contributed by atoms with Gasteiger partial charge in [-0.3, -0.25) is 0 Å². The minimum Gasteiger partial charge on any atom is -0.362 e. The van der Waals surface area contributed by atoms with Crippen LogP contribution in [0.5, 0.6) is 0 Å². The van der Waals surface area contributed by atoms with Gasteiger partial charge in [0.25, 0.3) is 0 Å². The Bertz CT molecular complexity index is 153. The molecular weight excluding hydrogens is 168 g/mol. The average Bonchev–Trinajstić information content (AvgIpc) is 1.93. The molecule has 0 radical (unpaired) electrons. The normalized spacial score (nSPS) is 17.2. The fourth-order valence-corrected chi connectivity index (χ4v) is 1.34. The number of nitrogens with one attached hydrogen (secondary N) is 2. The van der Waals surface area contributed by atoms with Crippen molar-refractivity contribution in [2.75, 3.05) is 6.54 Å². The second-order valence-electron chi connectivity index (χ2n) is 3.88. The van der Waals surface area contributed by atoms with E-state index < -0.39 is 0 Å². The van der Waals surface area contributed by atoms with E-state index in [1.165, 1.54) is 19.3 Å². The van der Waals surface area contributed by atoms with Crippen LogP contribution in [0.2, 0.25) is 0 Å². The largest absolute Gasteiger partial charge is 0.362 e.